The first kappa shape index (κ1) is 19.2. The summed E-state index contributed by atoms with van der Waals surface area (Å²) in [5, 5.41) is 8.96. The molecule has 1 atom stereocenters. The maximum atomic E-state index is 12.5. The number of carboxylic acid groups (broad SMARTS) is 1. The molecule has 1 fully saturated rings. The minimum absolute atomic E-state index is 0.0399. The van der Waals surface area contributed by atoms with Crippen LogP contribution in [-0.2, 0) is 16.1 Å². The number of amides is 1. The normalized spacial score (nSPS) is 18.1. The largest absolute Gasteiger partial charge is 0.480 e. The van der Waals surface area contributed by atoms with Crippen LogP contribution < -0.4 is 0 Å². The number of nitrogens with zero attached hydrogens (tertiary/aromatic N) is 2. The van der Waals surface area contributed by atoms with E-state index in [4.69, 9.17) is 9.84 Å². The Morgan fingerprint density at radius 1 is 1.32 bits per heavy atom. The van der Waals surface area contributed by atoms with Gasteiger partial charge in [-0.05, 0) is 44.7 Å². The van der Waals surface area contributed by atoms with Crippen molar-refractivity contribution in [3.8, 4) is 0 Å². The molecule has 0 radical (unpaired) electrons. The number of carbonyl (C=O) groups is 2. The Morgan fingerprint density at radius 2 is 2.04 bits per heavy atom. The summed E-state index contributed by atoms with van der Waals surface area (Å²) in [4.78, 5) is 27.1. The van der Waals surface area contributed by atoms with Crippen LogP contribution in [0, 0.1) is 5.92 Å². The average molecular weight is 348 g/mol. The van der Waals surface area contributed by atoms with E-state index in [1.54, 1.807) is 4.90 Å². The first-order chi connectivity index (χ1) is 12.0. The molecule has 2 rings (SSSR count). The van der Waals surface area contributed by atoms with Gasteiger partial charge in [-0.1, -0.05) is 30.3 Å². The van der Waals surface area contributed by atoms with Crippen molar-refractivity contribution < 1.29 is 19.4 Å². The summed E-state index contributed by atoms with van der Waals surface area (Å²) in [7, 11) is 0. The Balaban J connectivity index is 1.88. The third kappa shape index (κ3) is 6.38. The molecule has 6 heteroatoms. The molecular weight excluding hydrogens is 320 g/mol. The van der Waals surface area contributed by atoms with E-state index in [-0.39, 0.29) is 31.2 Å². The number of aliphatic carboxylic acids is 1. The van der Waals surface area contributed by atoms with Gasteiger partial charge in [0.05, 0.1) is 6.54 Å². The van der Waals surface area contributed by atoms with Crippen molar-refractivity contribution in [3.63, 3.8) is 0 Å². The lowest BCUT2D eigenvalue weighted by atomic mass is 9.97. The third-order valence-electron chi connectivity index (χ3n) is 4.48. The number of carbonyl (C=O) groups excluding carboxylic acids is 1. The second kappa shape index (κ2) is 9.42. The molecule has 0 bridgehead atoms. The van der Waals surface area contributed by atoms with E-state index in [1.807, 2.05) is 49.1 Å². The van der Waals surface area contributed by atoms with Crippen LogP contribution in [0.5, 0.6) is 0 Å². The van der Waals surface area contributed by atoms with Crippen molar-refractivity contribution in [2.75, 3.05) is 26.2 Å². The Bertz CT molecular complexity index is 562. The highest BCUT2D eigenvalue weighted by molar-refractivity contribution is 5.69. The van der Waals surface area contributed by atoms with Gasteiger partial charge in [0.15, 0.2) is 0 Å². The fourth-order valence-electron chi connectivity index (χ4n) is 3.21. The molecule has 1 unspecified atom stereocenters. The van der Waals surface area contributed by atoms with Crippen LogP contribution in [0.1, 0.15) is 32.3 Å². The molecule has 0 spiro atoms. The van der Waals surface area contributed by atoms with Gasteiger partial charge in [0.2, 0.25) is 0 Å². The van der Waals surface area contributed by atoms with Crippen LogP contribution in [0.25, 0.3) is 0 Å². The Hall–Kier alpha value is -2.08. The third-order valence-corrected chi connectivity index (χ3v) is 4.48. The summed E-state index contributed by atoms with van der Waals surface area (Å²) in [5.41, 5.74) is 0.963. The van der Waals surface area contributed by atoms with Gasteiger partial charge in [-0.2, -0.15) is 0 Å². The highest BCUT2D eigenvalue weighted by Gasteiger charge is 2.27. The number of ether oxygens (including phenoxy) is 1. The molecule has 1 aliphatic rings. The fourth-order valence-corrected chi connectivity index (χ4v) is 3.21. The molecular formula is C19H28N2O4. The van der Waals surface area contributed by atoms with Crippen molar-refractivity contribution in [2.45, 2.75) is 39.3 Å². The number of piperidine rings is 1. The van der Waals surface area contributed by atoms with E-state index in [0.717, 1.165) is 24.9 Å². The Morgan fingerprint density at radius 3 is 2.68 bits per heavy atom. The van der Waals surface area contributed by atoms with Crippen LogP contribution in [-0.4, -0.2) is 59.2 Å². The number of carboxylic acids is 1. The lowest BCUT2D eigenvalue weighted by Crippen LogP contribution is -2.46. The van der Waals surface area contributed by atoms with Crippen molar-refractivity contribution in [2.24, 2.45) is 5.92 Å². The number of hydrogen-bond donors (Lipinski definition) is 1. The minimum atomic E-state index is -0.802. The van der Waals surface area contributed by atoms with Crippen molar-refractivity contribution in [1.82, 2.24) is 9.80 Å². The van der Waals surface area contributed by atoms with Crippen LogP contribution in [0.15, 0.2) is 30.3 Å². The SMILES string of the molecule is CC(C)N(CC1CCCN(CC(=O)O)C1)C(=O)OCc1ccccc1. The fraction of sp³-hybridized carbons (Fsp3) is 0.579. The molecule has 0 aromatic heterocycles. The van der Waals surface area contributed by atoms with Gasteiger partial charge in [-0.3, -0.25) is 9.69 Å². The van der Waals surface area contributed by atoms with Gasteiger partial charge in [0.25, 0.3) is 0 Å². The molecule has 1 aromatic carbocycles. The number of hydrogen-bond acceptors (Lipinski definition) is 4. The average Bonchev–Trinajstić information content (AvgIpc) is 2.58. The maximum absolute atomic E-state index is 12.5. The first-order valence-electron chi connectivity index (χ1n) is 8.87. The van der Waals surface area contributed by atoms with Gasteiger partial charge in [0, 0.05) is 19.1 Å². The first-order valence-corrected chi connectivity index (χ1v) is 8.87. The summed E-state index contributed by atoms with van der Waals surface area (Å²) >= 11 is 0. The topological polar surface area (TPSA) is 70.1 Å². The quantitative estimate of drug-likeness (QED) is 0.820. The van der Waals surface area contributed by atoms with Crippen LogP contribution in [0.4, 0.5) is 4.79 Å². The number of benzene rings is 1. The standard InChI is InChI=1S/C19H28N2O4/c1-15(2)21(19(24)25-14-16-7-4-3-5-8-16)12-17-9-6-10-20(11-17)13-18(22)23/h3-5,7-8,15,17H,6,9-14H2,1-2H3,(H,22,23). The summed E-state index contributed by atoms with van der Waals surface area (Å²) in [6.45, 7) is 6.39. The van der Waals surface area contributed by atoms with Crippen molar-refractivity contribution in [1.29, 1.82) is 0 Å². The van der Waals surface area contributed by atoms with Gasteiger partial charge in [0.1, 0.15) is 6.61 Å². The molecule has 0 saturated carbocycles. The van der Waals surface area contributed by atoms with Gasteiger partial charge in [-0.15, -0.1) is 0 Å². The molecule has 1 amide bonds. The van der Waals surface area contributed by atoms with Crippen molar-refractivity contribution >= 4 is 12.1 Å². The molecule has 1 N–H and O–H groups in total. The summed E-state index contributed by atoms with van der Waals surface area (Å²) in [6.07, 6.45) is 1.66. The summed E-state index contributed by atoms with van der Waals surface area (Å²) < 4.78 is 5.46. The van der Waals surface area contributed by atoms with E-state index < -0.39 is 5.97 Å². The molecule has 1 aliphatic heterocycles. The van der Waals surface area contributed by atoms with Crippen LogP contribution in [0.3, 0.4) is 0 Å². The highest BCUT2D eigenvalue weighted by Crippen LogP contribution is 2.19. The van der Waals surface area contributed by atoms with Crippen LogP contribution >= 0.6 is 0 Å². The van der Waals surface area contributed by atoms with Gasteiger partial charge >= 0.3 is 12.1 Å². The van der Waals surface area contributed by atoms with Crippen LogP contribution in [0.2, 0.25) is 0 Å². The minimum Gasteiger partial charge on any atom is -0.480 e. The second-order valence-corrected chi connectivity index (χ2v) is 6.92. The maximum Gasteiger partial charge on any atom is 0.410 e. The van der Waals surface area contributed by atoms with E-state index in [2.05, 4.69) is 0 Å². The zero-order valence-electron chi connectivity index (χ0n) is 15.1. The highest BCUT2D eigenvalue weighted by atomic mass is 16.6. The predicted molar refractivity (Wildman–Crippen MR) is 95.3 cm³/mol. The smallest absolute Gasteiger partial charge is 0.410 e. The molecule has 1 aromatic rings. The van der Waals surface area contributed by atoms with E-state index in [1.165, 1.54) is 0 Å². The lowest BCUT2D eigenvalue weighted by Gasteiger charge is -2.36. The number of likely N-dealkylation sites (tertiary alicyclic amines) is 1. The number of rotatable bonds is 7. The summed E-state index contributed by atoms with van der Waals surface area (Å²) in [5.74, 6) is -0.525. The van der Waals surface area contributed by atoms with E-state index in [0.29, 0.717) is 13.1 Å². The zero-order valence-corrected chi connectivity index (χ0v) is 15.1. The van der Waals surface area contributed by atoms with Gasteiger partial charge < -0.3 is 14.7 Å². The zero-order chi connectivity index (χ0) is 18.2. The predicted octanol–water partition coefficient (Wildman–Crippen LogP) is 2.83. The molecule has 1 heterocycles. The molecule has 25 heavy (non-hydrogen) atoms. The van der Waals surface area contributed by atoms with E-state index in [9.17, 15) is 9.59 Å². The van der Waals surface area contributed by atoms with E-state index >= 15 is 0 Å². The Labute approximate surface area is 149 Å². The monoisotopic (exact) mass is 348 g/mol. The Kier molecular flexibility index (Phi) is 7.25. The molecule has 1 saturated heterocycles. The summed E-state index contributed by atoms with van der Waals surface area (Å²) in [6, 6.07) is 9.66. The lowest BCUT2D eigenvalue weighted by molar-refractivity contribution is -0.138. The molecule has 138 valence electrons. The molecule has 6 nitrogen and oxygen atoms in total. The van der Waals surface area contributed by atoms with Gasteiger partial charge in [-0.25, -0.2) is 4.79 Å². The molecule has 0 aliphatic carbocycles. The van der Waals surface area contributed by atoms with Crippen molar-refractivity contribution in [3.05, 3.63) is 35.9 Å². The second-order valence-electron chi connectivity index (χ2n) is 6.92.